The Bertz CT molecular complexity index is 346. The third-order valence-corrected chi connectivity index (χ3v) is 5.01. The molecule has 1 aliphatic carbocycles. The molecule has 0 aromatic rings. The van der Waals surface area contributed by atoms with Crippen LogP contribution in [0.3, 0.4) is 0 Å². The van der Waals surface area contributed by atoms with Gasteiger partial charge in [0.15, 0.2) is 0 Å². The minimum atomic E-state index is -2.98. The highest BCUT2D eigenvalue weighted by Crippen LogP contribution is 2.18. The molecule has 18 heavy (non-hydrogen) atoms. The molecule has 1 heterocycles. The number of piperazine rings is 1. The van der Waals surface area contributed by atoms with Gasteiger partial charge >= 0.3 is 0 Å². The lowest BCUT2D eigenvalue weighted by Crippen LogP contribution is -2.48. The Morgan fingerprint density at radius 3 is 2.33 bits per heavy atom. The largest absolute Gasteiger partial charge is 0.314 e. The molecule has 5 nitrogen and oxygen atoms in total. The zero-order valence-electron chi connectivity index (χ0n) is 11.3. The van der Waals surface area contributed by atoms with E-state index in [9.17, 15) is 8.42 Å². The van der Waals surface area contributed by atoms with Crippen molar-refractivity contribution in [3.05, 3.63) is 0 Å². The average molecular weight is 275 g/mol. The normalized spacial score (nSPS) is 23.4. The molecular formula is C12H25N3O2S. The van der Waals surface area contributed by atoms with E-state index in [2.05, 4.69) is 10.2 Å². The van der Waals surface area contributed by atoms with Gasteiger partial charge in [-0.1, -0.05) is 0 Å². The number of nitrogens with zero attached hydrogens (tertiary/aromatic N) is 2. The minimum Gasteiger partial charge on any atom is -0.314 e. The van der Waals surface area contributed by atoms with Crippen LogP contribution in [0.4, 0.5) is 0 Å². The molecule has 0 spiro atoms. The lowest BCUT2D eigenvalue weighted by atomic mass is 10.2. The van der Waals surface area contributed by atoms with Crippen LogP contribution in [0.5, 0.6) is 0 Å². The summed E-state index contributed by atoms with van der Waals surface area (Å²) < 4.78 is 24.3. The van der Waals surface area contributed by atoms with Crippen molar-refractivity contribution in [1.82, 2.24) is 14.5 Å². The molecule has 0 radical (unpaired) electrons. The molecule has 1 N–H and O–H groups in total. The Morgan fingerprint density at radius 1 is 1.11 bits per heavy atom. The van der Waals surface area contributed by atoms with E-state index in [1.165, 1.54) is 31.9 Å². The van der Waals surface area contributed by atoms with Crippen LogP contribution in [-0.4, -0.2) is 69.2 Å². The SMILES string of the molecule is CS(=O)(=O)N1CCN(CCCCNC2CC2)CC1. The third-order valence-electron chi connectivity index (χ3n) is 3.71. The second-order valence-electron chi connectivity index (χ2n) is 5.44. The summed E-state index contributed by atoms with van der Waals surface area (Å²) in [4.78, 5) is 2.37. The maximum atomic E-state index is 11.4. The van der Waals surface area contributed by atoms with E-state index in [0.29, 0.717) is 13.1 Å². The summed E-state index contributed by atoms with van der Waals surface area (Å²) in [6.45, 7) is 5.29. The zero-order valence-corrected chi connectivity index (χ0v) is 12.1. The van der Waals surface area contributed by atoms with Crippen molar-refractivity contribution in [2.75, 3.05) is 45.5 Å². The fourth-order valence-electron chi connectivity index (χ4n) is 2.34. The van der Waals surface area contributed by atoms with Crippen molar-refractivity contribution in [1.29, 1.82) is 0 Å². The molecule has 0 unspecified atom stereocenters. The van der Waals surface area contributed by atoms with E-state index >= 15 is 0 Å². The van der Waals surface area contributed by atoms with Crippen LogP contribution in [0.15, 0.2) is 0 Å². The lowest BCUT2D eigenvalue weighted by Gasteiger charge is -2.33. The van der Waals surface area contributed by atoms with Gasteiger partial charge in [-0.05, 0) is 38.8 Å². The zero-order chi connectivity index (χ0) is 13.0. The van der Waals surface area contributed by atoms with Crippen LogP contribution in [0.1, 0.15) is 25.7 Å². The second kappa shape index (κ2) is 6.32. The summed E-state index contributed by atoms with van der Waals surface area (Å²) in [5.41, 5.74) is 0. The number of hydrogen-bond donors (Lipinski definition) is 1. The molecule has 0 bridgehead atoms. The van der Waals surface area contributed by atoms with Crippen LogP contribution < -0.4 is 5.32 Å². The maximum absolute atomic E-state index is 11.4. The van der Waals surface area contributed by atoms with E-state index < -0.39 is 10.0 Å². The van der Waals surface area contributed by atoms with E-state index in [1.807, 2.05) is 0 Å². The van der Waals surface area contributed by atoms with Crippen LogP contribution in [-0.2, 0) is 10.0 Å². The van der Waals surface area contributed by atoms with Crippen molar-refractivity contribution in [2.45, 2.75) is 31.7 Å². The van der Waals surface area contributed by atoms with E-state index in [0.717, 1.165) is 32.2 Å². The highest BCUT2D eigenvalue weighted by Gasteiger charge is 2.23. The van der Waals surface area contributed by atoms with Gasteiger partial charge in [0.2, 0.25) is 10.0 Å². The quantitative estimate of drug-likeness (QED) is 0.669. The Kier molecular flexibility index (Phi) is 5.00. The molecule has 0 aromatic carbocycles. The molecule has 1 aliphatic heterocycles. The molecular weight excluding hydrogens is 250 g/mol. The fourth-order valence-corrected chi connectivity index (χ4v) is 3.17. The first kappa shape index (κ1) is 14.2. The summed E-state index contributed by atoms with van der Waals surface area (Å²) in [6, 6.07) is 0.809. The molecule has 6 heteroatoms. The third kappa shape index (κ3) is 4.84. The number of sulfonamides is 1. The maximum Gasteiger partial charge on any atom is 0.211 e. The van der Waals surface area contributed by atoms with Gasteiger partial charge in [-0.15, -0.1) is 0 Å². The van der Waals surface area contributed by atoms with Crippen molar-refractivity contribution in [2.24, 2.45) is 0 Å². The van der Waals surface area contributed by atoms with Crippen molar-refractivity contribution in [3.8, 4) is 0 Å². The highest BCUT2D eigenvalue weighted by atomic mass is 32.2. The van der Waals surface area contributed by atoms with Crippen LogP contribution in [0, 0.1) is 0 Å². The van der Waals surface area contributed by atoms with E-state index in [1.54, 1.807) is 4.31 Å². The number of unbranched alkanes of at least 4 members (excludes halogenated alkanes) is 1. The highest BCUT2D eigenvalue weighted by molar-refractivity contribution is 7.88. The van der Waals surface area contributed by atoms with Gasteiger partial charge in [-0.25, -0.2) is 8.42 Å². The molecule has 0 aromatic heterocycles. The number of nitrogens with one attached hydrogen (secondary N) is 1. The predicted octanol–water partition coefficient (Wildman–Crippen LogP) is 0.0958. The van der Waals surface area contributed by atoms with Crippen LogP contribution in [0.25, 0.3) is 0 Å². The molecule has 1 saturated carbocycles. The first-order valence-corrected chi connectivity index (χ1v) is 8.81. The Labute approximate surface area is 111 Å². The van der Waals surface area contributed by atoms with Crippen molar-refractivity contribution >= 4 is 10.0 Å². The summed E-state index contributed by atoms with van der Waals surface area (Å²) in [5, 5.41) is 3.52. The fraction of sp³-hybridized carbons (Fsp3) is 1.00. The monoisotopic (exact) mass is 275 g/mol. The van der Waals surface area contributed by atoms with E-state index in [-0.39, 0.29) is 0 Å². The molecule has 2 fully saturated rings. The Hall–Kier alpha value is -0.170. The summed E-state index contributed by atoms with van der Waals surface area (Å²) in [6.07, 6.45) is 6.44. The average Bonchev–Trinajstić information content (AvgIpc) is 3.12. The first-order valence-electron chi connectivity index (χ1n) is 6.96. The first-order chi connectivity index (χ1) is 8.55. The van der Waals surface area contributed by atoms with Crippen molar-refractivity contribution in [3.63, 3.8) is 0 Å². The van der Waals surface area contributed by atoms with Gasteiger partial charge in [0, 0.05) is 32.2 Å². The van der Waals surface area contributed by atoms with Gasteiger partial charge in [0.25, 0.3) is 0 Å². The summed E-state index contributed by atoms with van der Waals surface area (Å²) in [7, 11) is -2.98. The second-order valence-corrected chi connectivity index (χ2v) is 7.42. The van der Waals surface area contributed by atoms with Gasteiger partial charge in [-0.3, -0.25) is 0 Å². The lowest BCUT2D eigenvalue weighted by molar-refractivity contribution is 0.186. The van der Waals surface area contributed by atoms with Crippen molar-refractivity contribution < 1.29 is 8.42 Å². The van der Waals surface area contributed by atoms with Gasteiger partial charge in [-0.2, -0.15) is 4.31 Å². The molecule has 0 atom stereocenters. The molecule has 0 amide bonds. The topological polar surface area (TPSA) is 52.7 Å². The molecule has 106 valence electrons. The molecule has 1 saturated heterocycles. The minimum absolute atomic E-state index is 0.652. The smallest absolute Gasteiger partial charge is 0.211 e. The van der Waals surface area contributed by atoms with E-state index in [4.69, 9.17) is 0 Å². The molecule has 2 aliphatic rings. The van der Waals surface area contributed by atoms with Crippen LogP contribution >= 0.6 is 0 Å². The number of hydrogen-bond acceptors (Lipinski definition) is 4. The Balaban J connectivity index is 1.53. The number of rotatable bonds is 7. The Morgan fingerprint density at radius 2 is 1.78 bits per heavy atom. The summed E-state index contributed by atoms with van der Waals surface area (Å²) >= 11 is 0. The van der Waals surface area contributed by atoms with Gasteiger partial charge in [0.1, 0.15) is 0 Å². The predicted molar refractivity (Wildman–Crippen MR) is 73.1 cm³/mol. The van der Waals surface area contributed by atoms with Gasteiger partial charge < -0.3 is 10.2 Å². The molecule has 2 rings (SSSR count). The summed E-state index contributed by atoms with van der Waals surface area (Å²) in [5.74, 6) is 0. The van der Waals surface area contributed by atoms with Gasteiger partial charge in [0.05, 0.1) is 6.26 Å². The van der Waals surface area contributed by atoms with Crippen LogP contribution in [0.2, 0.25) is 0 Å². The standard InChI is InChI=1S/C12H25N3O2S/c1-18(16,17)15-10-8-14(9-11-15)7-3-2-6-13-12-4-5-12/h12-13H,2-11H2,1H3.